The predicted octanol–water partition coefficient (Wildman–Crippen LogP) is 2.76. The van der Waals surface area contributed by atoms with Crippen LogP contribution in [0.4, 0.5) is 0 Å². The van der Waals surface area contributed by atoms with Crippen LogP contribution in [0, 0.1) is 0 Å². The minimum Gasteiger partial charge on any atom is -0.347 e. The number of nitrogens with one attached hydrogen (secondary N) is 2. The van der Waals surface area contributed by atoms with Gasteiger partial charge in [-0.15, -0.1) is 11.3 Å². The van der Waals surface area contributed by atoms with Crippen molar-refractivity contribution in [3.05, 3.63) is 33.6 Å². The first kappa shape index (κ1) is 12.1. The van der Waals surface area contributed by atoms with Gasteiger partial charge in [-0.25, -0.2) is 0 Å². The number of rotatable bonds is 2. The van der Waals surface area contributed by atoms with Gasteiger partial charge in [-0.05, 0) is 31.2 Å². The number of fused-ring (bicyclic) bond motifs is 1. The lowest BCUT2D eigenvalue weighted by atomic mass is 10.2. The average Bonchev–Trinajstić information content (AvgIpc) is 2.97. The Morgan fingerprint density at radius 2 is 2.39 bits per heavy atom. The fraction of sp³-hybridized carbons (Fsp3) is 0.308. The lowest BCUT2D eigenvalue weighted by Crippen LogP contribution is -2.35. The first-order valence-corrected chi connectivity index (χ1v) is 7.54. The van der Waals surface area contributed by atoms with Crippen LogP contribution >= 0.6 is 27.3 Å². The maximum atomic E-state index is 12.1. The number of carbonyl (C=O) groups excluding carboxylic acids is 1. The van der Waals surface area contributed by atoms with Crippen molar-refractivity contribution in [3.63, 3.8) is 0 Å². The highest BCUT2D eigenvalue weighted by Crippen LogP contribution is 2.31. The summed E-state index contributed by atoms with van der Waals surface area (Å²) in [5.41, 5.74) is 0. The van der Waals surface area contributed by atoms with Gasteiger partial charge in [0.05, 0.1) is 4.88 Å². The Balaban J connectivity index is 1.85. The number of carbonyl (C=O) groups is 1. The SMILES string of the molecule is O=C(N[C@H]1CCNC1)c1cc2c(Br)cccc2s1. The highest BCUT2D eigenvalue weighted by molar-refractivity contribution is 9.10. The zero-order chi connectivity index (χ0) is 12.5. The molecule has 1 aromatic heterocycles. The van der Waals surface area contributed by atoms with E-state index in [1.165, 1.54) is 0 Å². The zero-order valence-corrected chi connectivity index (χ0v) is 12.1. The molecule has 94 valence electrons. The standard InChI is InChI=1S/C13H13BrN2OS/c14-10-2-1-3-11-9(10)6-12(18-11)13(17)16-8-4-5-15-7-8/h1-3,6,8,15H,4-5,7H2,(H,16,17)/t8-/m0/s1. The maximum Gasteiger partial charge on any atom is 0.261 e. The van der Waals surface area contributed by atoms with Crippen LogP contribution in [-0.4, -0.2) is 25.0 Å². The predicted molar refractivity (Wildman–Crippen MR) is 78.3 cm³/mol. The van der Waals surface area contributed by atoms with E-state index >= 15 is 0 Å². The van der Waals surface area contributed by atoms with Crippen LogP contribution in [0.3, 0.4) is 0 Å². The second-order valence-electron chi connectivity index (χ2n) is 4.43. The summed E-state index contributed by atoms with van der Waals surface area (Å²) in [6.45, 7) is 1.86. The van der Waals surface area contributed by atoms with Gasteiger partial charge in [-0.2, -0.15) is 0 Å². The number of hydrogen-bond donors (Lipinski definition) is 2. The molecule has 1 aliphatic heterocycles. The Labute approximate surface area is 118 Å². The van der Waals surface area contributed by atoms with E-state index in [0.717, 1.165) is 38.9 Å². The van der Waals surface area contributed by atoms with Crippen LogP contribution in [0.1, 0.15) is 16.1 Å². The van der Waals surface area contributed by atoms with Gasteiger partial charge in [0.1, 0.15) is 0 Å². The summed E-state index contributed by atoms with van der Waals surface area (Å²) < 4.78 is 2.18. The summed E-state index contributed by atoms with van der Waals surface area (Å²) in [4.78, 5) is 12.9. The molecule has 1 aromatic carbocycles. The lowest BCUT2D eigenvalue weighted by Gasteiger charge is -2.09. The smallest absolute Gasteiger partial charge is 0.261 e. The molecule has 1 saturated heterocycles. The van der Waals surface area contributed by atoms with E-state index in [4.69, 9.17) is 0 Å². The van der Waals surface area contributed by atoms with Gasteiger partial charge in [0.15, 0.2) is 0 Å². The van der Waals surface area contributed by atoms with Crippen molar-refractivity contribution >= 4 is 43.3 Å². The number of thiophene rings is 1. The molecular formula is C13H13BrN2OS. The van der Waals surface area contributed by atoms with E-state index in [9.17, 15) is 4.79 Å². The quantitative estimate of drug-likeness (QED) is 0.891. The zero-order valence-electron chi connectivity index (χ0n) is 9.70. The average molecular weight is 325 g/mol. The topological polar surface area (TPSA) is 41.1 Å². The van der Waals surface area contributed by atoms with Crippen molar-refractivity contribution in [1.29, 1.82) is 0 Å². The van der Waals surface area contributed by atoms with Crippen molar-refractivity contribution in [2.75, 3.05) is 13.1 Å². The Morgan fingerprint density at radius 1 is 1.50 bits per heavy atom. The van der Waals surface area contributed by atoms with Crippen molar-refractivity contribution in [3.8, 4) is 0 Å². The minimum atomic E-state index is 0.0387. The Hall–Kier alpha value is -0.910. The van der Waals surface area contributed by atoms with Crippen LogP contribution in [0.25, 0.3) is 10.1 Å². The lowest BCUT2D eigenvalue weighted by molar-refractivity contribution is 0.0944. The summed E-state index contributed by atoms with van der Waals surface area (Å²) in [5, 5.41) is 7.42. The molecule has 0 aliphatic carbocycles. The Bertz CT molecular complexity index is 590. The summed E-state index contributed by atoms with van der Waals surface area (Å²) in [7, 11) is 0. The van der Waals surface area contributed by atoms with Crippen LogP contribution in [-0.2, 0) is 0 Å². The monoisotopic (exact) mass is 324 g/mol. The second-order valence-corrected chi connectivity index (χ2v) is 6.36. The number of halogens is 1. The molecule has 5 heteroatoms. The highest BCUT2D eigenvalue weighted by Gasteiger charge is 2.19. The molecule has 0 spiro atoms. The van der Waals surface area contributed by atoms with Gasteiger partial charge in [0.25, 0.3) is 5.91 Å². The fourth-order valence-electron chi connectivity index (χ4n) is 2.17. The van der Waals surface area contributed by atoms with Crippen molar-refractivity contribution in [2.45, 2.75) is 12.5 Å². The number of amides is 1. The molecule has 2 aromatic rings. The van der Waals surface area contributed by atoms with E-state index in [-0.39, 0.29) is 11.9 Å². The van der Waals surface area contributed by atoms with E-state index in [1.54, 1.807) is 11.3 Å². The molecule has 3 rings (SSSR count). The molecule has 2 heterocycles. The molecule has 3 nitrogen and oxygen atoms in total. The molecule has 18 heavy (non-hydrogen) atoms. The van der Waals surface area contributed by atoms with Crippen LogP contribution in [0.15, 0.2) is 28.7 Å². The molecule has 1 aliphatic rings. The first-order chi connectivity index (χ1) is 8.74. The summed E-state index contributed by atoms with van der Waals surface area (Å²) in [6, 6.07) is 8.26. The molecule has 1 atom stereocenters. The highest BCUT2D eigenvalue weighted by atomic mass is 79.9. The minimum absolute atomic E-state index is 0.0387. The van der Waals surface area contributed by atoms with Crippen molar-refractivity contribution in [1.82, 2.24) is 10.6 Å². The molecule has 2 N–H and O–H groups in total. The summed E-state index contributed by atoms with van der Waals surface area (Å²) in [6.07, 6.45) is 1.01. The molecular weight excluding hydrogens is 312 g/mol. The molecule has 1 fully saturated rings. The number of benzene rings is 1. The second kappa shape index (κ2) is 4.99. The Morgan fingerprint density at radius 3 is 3.11 bits per heavy atom. The van der Waals surface area contributed by atoms with E-state index in [2.05, 4.69) is 26.6 Å². The van der Waals surface area contributed by atoms with E-state index in [1.807, 2.05) is 24.3 Å². The van der Waals surface area contributed by atoms with Gasteiger partial charge in [-0.1, -0.05) is 22.0 Å². The van der Waals surface area contributed by atoms with Crippen LogP contribution in [0.2, 0.25) is 0 Å². The van der Waals surface area contributed by atoms with Crippen molar-refractivity contribution < 1.29 is 4.79 Å². The molecule has 0 radical (unpaired) electrons. The van der Waals surface area contributed by atoms with Gasteiger partial charge in [0.2, 0.25) is 0 Å². The third-order valence-electron chi connectivity index (χ3n) is 3.13. The van der Waals surface area contributed by atoms with Crippen LogP contribution < -0.4 is 10.6 Å². The maximum absolute atomic E-state index is 12.1. The van der Waals surface area contributed by atoms with Gasteiger partial charge in [-0.3, -0.25) is 4.79 Å². The largest absolute Gasteiger partial charge is 0.347 e. The van der Waals surface area contributed by atoms with Gasteiger partial charge in [0, 0.05) is 27.1 Å². The van der Waals surface area contributed by atoms with E-state index in [0.29, 0.717) is 0 Å². The molecule has 0 unspecified atom stereocenters. The van der Waals surface area contributed by atoms with Gasteiger partial charge >= 0.3 is 0 Å². The summed E-state index contributed by atoms with van der Waals surface area (Å²) in [5.74, 6) is 0.0387. The molecule has 0 bridgehead atoms. The third-order valence-corrected chi connectivity index (χ3v) is 4.92. The van der Waals surface area contributed by atoms with Gasteiger partial charge < -0.3 is 10.6 Å². The Kier molecular flexibility index (Phi) is 3.37. The van der Waals surface area contributed by atoms with Crippen molar-refractivity contribution in [2.24, 2.45) is 0 Å². The molecule has 1 amide bonds. The number of hydrogen-bond acceptors (Lipinski definition) is 3. The first-order valence-electron chi connectivity index (χ1n) is 5.94. The molecule has 0 saturated carbocycles. The van der Waals surface area contributed by atoms with E-state index < -0.39 is 0 Å². The summed E-state index contributed by atoms with van der Waals surface area (Å²) >= 11 is 5.05. The fourth-order valence-corrected chi connectivity index (χ4v) is 3.77. The third kappa shape index (κ3) is 2.30. The van der Waals surface area contributed by atoms with Crippen LogP contribution in [0.5, 0.6) is 0 Å². The normalized spacial score (nSPS) is 19.3.